The highest BCUT2D eigenvalue weighted by Gasteiger charge is 2.48. The van der Waals surface area contributed by atoms with Crippen molar-refractivity contribution in [1.82, 2.24) is 4.98 Å². The molecule has 7 heteroatoms. The number of Topliss-reactive ketones (excluding diaryl/α,β-unsaturated/α-hetero) is 1. The van der Waals surface area contributed by atoms with E-state index < -0.39 is 23.5 Å². The van der Waals surface area contributed by atoms with Gasteiger partial charge in [0.25, 0.3) is 5.78 Å². The molecule has 1 amide bonds. The first-order valence-electron chi connectivity index (χ1n) is 10.9. The van der Waals surface area contributed by atoms with Gasteiger partial charge in [0.05, 0.1) is 21.8 Å². The predicted molar refractivity (Wildman–Crippen MR) is 131 cm³/mol. The summed E-state index contributed by atoms with van der Waals surface area (Å²) in [5.74, 6) is -2.37. The van der Waals surface area contributed by atoms with Crippen molar-refractivity contribution in [3.8, 4) is 0 Å². The molecule has 34 heavy (non-hydrogen) atoms. The number of fused-ring (bicyclic) bond motifs is 1. The van der Waals surface area contributed by atoms with Crippen LogP contribution in [0, 0.1) is 12.7 Å². The maximum absolute atomic E-state index is 13.5. The average Bonchev–Trinajstić information content (AvgIpc) is 3.37. The molecule has 1 aromatic heterocycles. The molecule has 2 heterocycles. The van der Waals surface area contributed by atoms with E-state index in [1.165, 1.54) is 40.5 Å². The Hall–Kier alpha value is -3.84. The number of rotatable bonds is 4. The van der Waals surface area contributed by atoms with Crippen molar-refractivity contribution < 1.29 is 19.1 Å². The second-order valence-corrected chi connectivity index (χ2v) is 9.25. The summed E-state index contributed by atoms with van der Waals surface area (Å²) < 4.78 is 14.4. The van der Waals surface area contributed by atoms with E-state index in [2.05, 4.69) is 4.98 Å². The second-order valence-electron chi connectivity index (χ2n) is 8.24. The molecule has 1 atom stereocenters. The minimum absolute atomic E-state index is 0.0451. The van der Waals surface area contributed by atoms with Crippen molar-refractivity contribution in [2.24, 2.45) is 0 Å². The summed E-state index contributed by atoms with van der Waals surface area (Å²) in [6.45, 7) is 4.02. The Balaban J connectivity index is 1.72. The zero-order valence-electron chi connectivity index (χ0n) is 18.6. The fourth-order valence-corrected chi connectivity index (χ4v) is 5.26. The van der Waals surface area contributed by atoms with Crippen molar-refractivity contribution >= 4 is 44.1 Å². The fraction of sp³-hybridized carbons (Fsp3) is 0.148. The number of hydrogen-bond donors (Lipinski definition) is 1. The third-order valence-electron chi connectivity index (χ3n) is 6.00. The summed E-state index contributed by atoms with van der Waals surface area (Å²) in [7, 11) is 0. The normalized spacial score (nSPS) is 17.6. The van der Waals surface area contributed by atoms with Gasteiger partial charge in [-0.3, -0.25) is 14.5 Å². The molecule has 1 aliphatic rings. The Morgan fingerprint density at radius 1 is 1.06 bits per heavy atom. The molecule has 1 fully saturated rings. The van der Waals surface area contributed by atoms with Crippen LogP contribution in [0.1, 0.15) is 35.2 Å². The van der Waals surface area contributed by atoms with Crippen LogP contribution in [0.15, 0.2) is 72.3 Å². The van der Waals surface area contributed by atoms with Crippen molar-refractivity contribution in [3.63, 3.8) is 0 Å². The van der Waals surface area contributed by atoms with Gasteiger partial charge in [-0.05, 0) is 66.4 Å². The molecule has 0 bridgehead atoms. The monoisotopic (exact) mass is 472 g/mol. The van der Waals surface area contributed by atoms with Crippen molar-refractivity contribution in [3.05, 3.63) is 100 Å². The molecule has 1 unspecified atom stereocenters. The lowest BCUT2D eigenvalue weighted by atomic mass is 9.94. The molecule has 1 saturated heterocycles. The van der Waals surface area contributed by atoms with Gasteiger partial charge >= 0.3 is 5.91 Å². The van der Waals surface area contributed by atoms with E-state index in [4.69, 9.17) is 0 Å². The van der Waals surface area contributed by atoms with Gasteiger partial charge in [-0.25, -0.2) is 9.37 Å². The third-order valence-corrected chi connectivity index (χ3v) is 7.02. The quantitative estimate of drug-likeness (QED) is 0.227. The molecular formula is C27H21FN2O3S. The Kier molecular flexibility index (Phi) is 5.49. The molecule has 5 nitrogen and oxygen atoms in total. The summed E-state index contributed by atoms with van der Waals surface area (Å²) >= 11 is 1.32. The highest BCUT2D eigenvalue weighted by Crippen LogP contribution is 2.44. The topological polar surface area (TPSA) is 70.5 Å². The molecule has 1 N–H and O–H groups in total. The SMILES string of the molecule is CCc1ccc(C2/C(=C(\O)c3ccc(F)cc3)C(=O)C(=O)N2c2nc3ccc(C)cc3s2)cc1. The van der Waals surface area contributed by atoms with Gasteiger partial charge in [0.15, 0.2) is 5.13 Å². The van der Waals surface area contributed by atoms with Gasteiger partial charge in [0.1, 0.15) is 11.6 Å². The number of nitrogens with zero attached hydrogens (tertiary/aromatic N) is 2. The lowest BCUT2D eigenvalue weighted by Crippen LogP contribution is -2.29. The van der Waals surface area contributed by atoms with Crippen LogP contribution in [0.5, 0.6) is 0 Å². The van der Waals surface area contributed by atoms with Crippen LogP contribution in [0.4, 0.5) is 9.52 Å². The highest BCUT2D eigenvalue weighted by molar-refractivity contribution is 7.22. The number of halogens is 1. The molecule has 0 aliphatic carbocycles. The van der Waals surface area contributed by atoms with Crippen LogP contribution in [-0.2, 0) is 16.0 Å². The number of aliphatic hydroxyl groups excluding tert-OH is 1. The first-order valence-corrected chi connectivity index (χ1v) is 11.7. The van der Waals surface area contributed by atoms with Crippen molar-refractivity contribution in [1.29, 1.82) is 0 Å². The summed E-state index contributed by atoms with van der Waals surface area (Å²) in [6.07, 6.45) is 0.841. The molecular weight excluding hydrogens is 451 g/mol. The number of aromatic nitrogens is 1. The van der Waals surface area contributed by atoms with Crippen LogP contribution in [0.3, 0.4) is 0 Å². The van der Waals surface area contributed by atoms with Gasteiger partial charge in [0, 0.05) is 5.56 Å². The lowest BCUT2D eigenvalue weighted by Gasteiger charge is -2.23. The number of hydrogen-bond acceptors (Lipinski definition) is 5. The van der Waals surface area contributed by atoms with Crippen molar-refractivity contribution in [2.75, 3.05) is 4.90 Å². The number of aryl methyl sites for hydroxylation is 2. The largest absolute Gasteiger partial charge is 0.507 e. The summed E-state index contributed by atoms with van der Waals surface area (Å²) in [5.41, 5.74) is 3.79. The number of amides is 1. The van der Waals surface area contributed by atoms with E-state index in [9.17, 15) is 19.1 Å². The van der Waals surface area contributed by atoms with E-state index in [1.807, 2.05) is 56.3 Å². The van der Waals surface area contributed by atoms with E-state index in [1.54, 1.807) is 0 Å². The third kappa shape index (κ3) is 3.68. The van der Waals surface area contributed by atoms with Gasteiger partial charge < -0.3 is 5.11 Å². The molecule has 3 aromatic carbocycles. The number of anilines is 1. The predicted octanol–water partition coefficient (Wildman–Crippen LogP) is 5.93. The van der Waals surface area contributed by atoms with E-state index in [0.717, 1.165) is 27.8 Å². The summed E-state index contributed by atoms with van der Waals surface area (Å²) in [4.78, 5) is 32.5. The first kappa shape index (κ1) is 22.0. The maximum Gasteiger partial charge on any atom is 0.301 e. The van der Waals surface area contributed by atoms with Gasteiger partial charge in [-0.15, -0.1) is 0 Å². The van der Waals surface area contributed by atoms with Crippen LogP contribution in [0.25, 0.3) is 16.0 Å². The first-order chi connectivity index (χ1) is 16.4. The standard InChI is InChI=1S/C27H21FN2O3S/c1-3-16-5-7-17(8-6-16)23-22(24(31)18-9-11-19(28)12-10-18)25(32)26(33)30(23)27-29-20-13-4-15(2)14-21(20)34-27/h4-14,23,31H,3H2,1-2H3/b24-22+. The fourth-order valence-electron chi connectivity index (χ4n) is 4.17. The molecule has 0 radical (unpaired) electrons. The molecule has 170 valence electrons. The molecule has 5 rings (SSSR count). The van der Waals surface area contributed by atoms with Crippen LogP contribution < -0.4 is 4.90 Å². The van der Waals surface area contributed by atoms with Gasteiger partial charge in [-0.2, -0.15) is 0 Å². The van der Waals surface area contributed by atoms with Crippen LogP contribution in [0.2, 0.25) is 0 Å². The Labute approximate surface area is 199 Å². The minimum atomic E-state index is -0.863. The van der Waals surface area contributed by atoms with Gasteiger partial charge in [0.2, 0.25) is 0 Å². The number of carbonyl (C=O) groups excluding carboxylic acids is 2. The maximum atomic E-state index is 13.5. The average molecular weight is 473 g/mol. The van der Waals surface area contributed by atoms with E-state index in [0.29, 0.717) is 10.7 Å². The summed E-state index contributed by atoms with van der Waals surface area (Å²) in [5, 5.41) is 11.5. The Bertz CT molecular complexity index is 1460. The Morgan fingerprint density at radius 2 is 1.76 bits per heavy atom. The summed E-state index contributed by atoms with van der Waals surface area (Å²) in [6, 6.07) is 17.7. The van der Waals surface area contributed by atoms with E-state index >= 15 is 0 Å². The molecule has 0 spiro atoms. The molecule has 4 aromatic rings. The number of ketones is 1. The highest BCUT2D eigenvalue weighted by atomic mass is 32.1. The number of aliphatic hydroxyl groups is 1. The molecule has 0 saturated carbocycles. The van der Waals surface area contributed by atoms with Crippen LogP contribution in [-0.4, -0.2) is 21.8 Å². The zero-order valence-corrected chi connectivity index (χ0v) is 19.4. The van der Waals surface area contributed by atoms with Crippen LogP contribution >= 0.6 is 11.3 Å². The lowest BCUT2D eigenvalue weighted by molar-refractivity contribution is -0.132. The minimum Gasteiger partial charge on any atom is -0.507 e. The molecule has 1 aliphatic heterocycles. The van der Waals surface area contributed by atoms with Crippen molar-refractivity contribution in [2.45, 2.75) is 26.3 Å². The smallest absolute Gasteiger partial charge is 0.301 e. The number of benzene rings is 3. The Morgan fingerprint density at radius 3 is 2.44 bits per heavy atom. The second kappa shape index (κ2) is 8.50. The zero-order chi connectivity index (χ0) is 24.0. The number of carbonyl (C=O) groups is 2. The van der Waals surface area contributed by atoms with Gasteiger partial charge in [-0.1, -0.05) is 48.6 Å². The number of thiazole rings is 1. The van der Waals surface area contributed by atoms with E-state index in [-0.39, 0.29) is 16.9 Å².